The van der Waals surface area contributed by atoms with Crippen molar-refractivity contribution in [3.63, 3.8) is 0 Å². The Morgan fingerprint density at radius 3 is 2.43 bits per heavy atom. The largest absolute Gasteiger partial charge is 0.456 e. The summed E-state index contributed by atoms with van der Waals surface area (Å²) in [5.74, 6) is 0.615. The predicted octanol–water partition coefficient (Wildman–Crippen LogP) is 5.07. The molecule has 0 saturated heterocycles. The van der Waals surface area contributed by atoms with Gasteiger partial charge in [-0.3, -0.25) is 4.79 Å². The topological polar surface area (TPSA) is 30.2 Å². The van der Waals surface area contributed by atoms with Gasteiger partial charge in [0.25, 0.3) is 0 Å². The Hall–Kier alpha value is -3.13. The molecule has 1 heterocycles. The van der Waals surface area contributed by atoms with Gasteiger partial charge >= 0.3 is 0 Å². The summed E-state index contributed by atoms with van der Waals surface area (Å²) in [6.45, 7) is 0. The van der Waals surface area contributed by atoms with E-state index in [0.29, 0.717) is 5.76 Å². The lowest BCUT2D eigenvalue weighted by Crippen LogP contribution is -2.01. The van der Waals surface area contributed by atoms with Gasteiger partial charge in [-0.1, -0.05) is 60.7 Å². The van der Waals surface area contributed by atoms with Crippen LogP contribution in [0.15, 0.2) is 82.0 Å². The van der Waals surface area contributed by atoms with E-state index in [1.807, 2.05) is 66.7 Å². The highest BCUT2D eigenvalue weighted by Gasteiger charge is 2.11. The van der Waals surface area contributed by atoms with Crippen molar-refractivity contribution >= 4 is 23.1 Å². The Kier molecular flexibility index (Phi) is 3.28. The molecule has 4 rings (SSSR count). The molecule has 0 unspecified atom stereocenters. The maximum atomic E-state index is 12.0. The van der Waals surface area contributed by atoms with Gasteiger partial charge in [0, 0.05) is 17.0 Å². The van der Waals surface area contributed by atoms with Crippen molar-refractivity contribution < 1.29 is 4.42 Å². The van der Waals surface area contributed by atoms with Crippen molar-refractivity contribution in [2.24, 2.45) is 0 Å². The molecule has 23 heavy (non-hydrogen) atoms. The first kappa shape index (κ1) is 13.5. The van der Waals surface area contributed by atoms with Crippen LogP contribution in [-0.4, -0.2) is 0 Å². The molecule has 0 atom stereocenters. The lowest BCUT2D eigenvalue weighted by atomic mass is 10.0. The molecule has 0 fully saturated rings. The van der Waals surface area contributed by atoms with E-state index in [1.165, 1.54) is 0 Å². The Morgan fingerprint density at radius 1 is 0.783 bits per heavy atom. The van der Waals surface area contributed by atoms with E-state index in [0.717, 1.165) is 27.7 Å². The molecule has 2 aromatic rings. The minimum atomic E-state index is -0.0516. The van der Waals surface area contributed by atoms with Gasteiger partial charge in [0.1, 0.15) is 11.3 Å². The normalized spacial score (nSPS) is 11.5. The summed E-state index contributed by atoms with van der Waals surface area (Å²) >= 11 is 0. The van der Waals surface area contributed by atoms with E-state index < -0.39 is 0 Å². The number of rotatable bonds is 2. The van der Waals surface area contributed by atoms with Crippen molar-refractivity contribution in [3.8, 4) is 11.3 Å². The van der Waals surface area contributed by atoms with Crippen LogP contribution in [0.2, 0.25) is 0 Å². The van der Waals surface area contributed by atoms with Crippen LogP contribution in [0.5, 0.6) is 0 Å². The fourth-order valence-corrected chi connectivity index (χ4v) is 2.72. The lowest BCUT2D eigenvalue weighted by molar-refractivity contribution is 0.618. The van der Waals surface area contributed by atoms with Crippen molar-refractivity contribution in [2.75, 3.05) is 0 Å². The highest BCUT2D eigenvalue weighted by molar-refractivity contribution is 5.87. The van der Waals surface area contributed by atoms with Crippen LogP contribution in [-0.2, 0) is 0 Å². The van der Waals surface area contributed by atoms with Gasteiger partial charge in [-0.05, 0) is 29.3 Å². The molecule has 0 spiro atoms. The molecule has 0 saturated carbocycles. The first-order valence-electron chi connectivity index (χ1n) is 7.49. The van der Waals surface area contributed by atoms with E-state index in [4.69, 9.17) is 4.42 Å². The van der Waals surface area contributed by atoms with E-state index in [-0.39, 0.29) is 5.43 Å². The maximum absolute atomic E-state index is 12.0. The van der Waals surface area contributed by atoms with Gasteiger partial charge in [-0.15, -0.1) is 0 Å². The van der Waals surface area contributed by atoms with Crippen LogP contribution in [0, 0.1) is 0 Å². The third kappa shape index (κ3) is 2.67. The van der Waals surface area contributed by atoms with Crippen LogP contribution in [0.1, 0.15) is 11.1 Å². The summed E-state index contributed by atoms with van der Waals surface area (Å²) in [6, 6.07) is 23.1. The Labute approximate surface area is 133 Å². The molecule has 110 valence electrons. The average Bonchev–Trinajstić information content (AvgIpc) is 2.59. The van der Waals surface area contributed by atoms with E-state index in [9.17, 15) is 4.79 Å². The highest BCUT2D eigenvalue weighted by atomic mass is 16.3. The second-order valence-electron chi connectivity index (χ2n) is 5.45. The van der Waals surface area contributed by atoms with E-state index in [1.54, 1.807) is 12.1 Å². The molecule has 0 N–H and O–H groups in total. The smallest absolute Gasteiger partial charge is 0.182 e. The minimum absolute atomic E-state index is 0.0516. The van der Waals surface area contributed by atoms with Crippen LogP contribution in [0.4, 0.5) is 0 Å². The van der Waals surface area contributed by atoms with Gasteiger partial charge in [-0.25, -0.2) is 0 Å². The zero-order chi connectivity index (χ0) is 15.6. The third-order valence-electron chi connectivity index (χ3n) is 3.84. The summed E-state index contributed by atoms with van der Waals surface area (Å²) in [6.07, 6.45) is 3.97. The van der Waals surface area contributed by atoms with Gasteiger partial charge in [0.05, 0.1) is 0 Å². The van der Waals surface area contributed by atoms with Crippen LogP contribution < -0.4 is 5.43 Å². The molecule has 2 aliphatic rings. The van der Waals surface area contributed by atoms with Crippen LogP contribution in [0.25, 0.3) is 34.4 Å². The first-order valence-corrected chi connectivity index (χ1v) is 7.49. The molecule has 2 nitrogen and oxygen atoms in total. The molecular weight excluding hydrogens is 284 g/mol. The quantitative estimate of drug-likeness (QED) is 0.382. The highest BCUT2D eigenvalue weighted by Crippen LogP contribution is 2.30. The second kappa shape index (κ2) is 5.58. The van der Waals surface area contributed by atoms with Crippen LogP contribution >= 0.6 is 0 Å². The minimum Gasteiger partial charge on any atom is -0.456 e. The molecule has 0 amide bonds. The van der Waals surface area contributed by atoms with Crippen molar-refractivity contribution in [2.45, 2.75) is 0 Å². The molecule has 1 aliphatic carbocycles. The molecular formula is C21H14O2. The summed E-state index contributed by atoms with van der Waals surface area (Å²) in [5.41, 5.74) is 3.63. The number of para-hydroxylation sites is 1. The fraction of sp³-hybridized carbons (Fsp3) is 0. The van der Waals surface area contributed by atoms with Gasteiger partial charge in [-0.2, -0.15) is 0 Å². The van der Waals surface area contributed by atoms with Gasteiger partial charge in [0.2, 0.25) is 0 Å². The van der Waals surface area contributed by atoms with Crippen molar-refractivity contribution in [3.05, 3.63) is 94.1 Å². The van der Waals surface area contributed by atoms with E-state index >= 15 is 0 Å². The van der Waals surface area contributed by atoms with E-state index in [2.05, 4.69) is 6.07 Å². The Morgan fingerprint density at radius 2 is 1.57 bits per heavy atom. The molecule has 0 bridgehead atoms. The second-order valence-corrected chi connectivity index (χ2v) is 5.45. The summed E-state index contributed by atoms with van der Waals surface area (Å²) in [4.78, 5) is 12.0. The molecule has 0 aromatic heterocycles. The number of hydrogen-bond acceptors (Lipinski definition) is 2. The summed E-state index contributed by atoms with van der Waals surface area (Å²) < 4.78 is 5.89. The van der Waals surface area contributed by atoms with Crippen LogP contribution in [0.3, 0.4) is 0 Å². The first-order chi connectivity index (χ1) is 11.3. The average molecular weight is 298 g/mol. The Balaban J connectivity index is 1.90. The van der Waals surface area contributed by atoms with Crippen molar-refractivity contribution in [1.82, 2.24) is 0 Å². The molecule has 1 aliphatic heterocycles. The predicted molar refractivity (Wildman–Crippen MR) is 94.5 cm³/mol. The summed E-state index contributed by atoms with van der Waals surface area (Å²) in [5, 5.41) is 1.02. The molecule has 2 aromatic carbocycles. The lowest BCUT2D eigenvalue weighted by Gasteiger charge is -2.09. The maximum Gasteiger partial charge on any atom is 0.182 e. The van der Waals surface area contributed by atoms with Crippen molar-refractivity contribution in [1.29, 1.82) is 0 Å². The number of hydrogen-bond donors (Lipinski definition) is 0. The monoisotopic (exact) mass is 298 g/mol. The summed E-state index contributed by atoms with van der Waals surface area (Å²) in [7, 11) is 0. The zero-order valence-corrected chi connectivity index (χ0v) is 12.4. The Bertz CT molecular complexity index is 1030. The SMILES string of the molecule is O=c1cc2oc3ccccc3cc-2c(C=Cc2ccccc2)c1. The fourth-order valence-electron chi connectivity index (χ4n) is 2.72. The molecule has 0 radical (unpaired) electrons. The van der Waals surface area contributed by atoms with Gasteiger partial charge in [0.15, 0.2) is 5.43 Å². The number of benzene rings is 3. The third-order valence-corrected chi connectivity index (χ3v) is 3.84. The number of fused-ring (bicyclic) bond motifs is 2. The standard InChI is InChI=1S/C21H14O2/c22-18-12-16(11-10-15-6-2-1-3-7-15)19-13-17-8-4-5-9-20(17)23-21(19)14-18/h1-14H. The molecule has 2 heteroatoms. The van der Waals surface area contributed by atoms with Gasteiger partial charge < -0.3 is 4.42 Å². The zero-order valence-electron chi connectivity index (χ0n) is 12.4.